The van der Waals surface area contributed by atoms with Crippen LogP contribution in [0.25, 0.3) is 6.08 Å². The molecule has 1 saturated heterocycles. The Balaban J connectivity index is 2.41. The summed E-state index contributed by atoms with van der Waals surface area (Å²) >= 11 is 11.8. The average Bonchev–Trinajstić information content (AvgIpc) is 2.27. The lowest BCUT2D eigenvalue weighted by atomic mass is 10.1. The fourth-order valence-electron chi connectivity index (χ4n) is 1.57. The van der Waals surface area contributed by atoms with Crippen LogP contribution in [0.3, 0.4) is 0 Å². The summed E-state index contributed by atoms with van der Waals surface area (Å²) in [5.41, 5.74) is 0.223. The van der Waals surface area contributed by atoms with Crippen molar-refractivity contribution < 1.29 is 19.1 Å². The first-order valence-corrected chi connectivity index (χ1v) is 6.18. The van der Waals surface area contributed by atoms with Crippen molar-refractivity contribution in [2.75, 3.05) is 0 Å². The van der Waals surface area contributed by atoms with Gasteiger partial charge in [-0.2, -0.15) is 0 Å². The van der Waals surface area contributed by atoms with Gasteiger partial charge >= 0.3 is 11.9 Å². The molecule has 2 rings (SSSR count). The van der Waals surface area contributed by atoms with Gasteiger partial charge in [0.05, 0.1) is 10.0 Å². The van der Waals surface area contributed by atoms with Gasteiger partial charge in [-0.05, 0) is 17.7 Å². The fourth-order valence-corrected chi connectivity index (χ4v) is 1.93. The van der Waals surface area contributed by atoms with Gasteiger partial charge in [0, 0.05) is 13.8 Å². The van der Waals surface area contributed by atoms with Crippen LogP contribution in [0.15, 0.2) is 23.8 Å². The maximum Gasteiger partial charge on any atom is 0.348 e. The van der Waals surface area contributed by atoms with E-state index in [-0.39, 0.29) is 10.6 Å². The van der Waals surface area contributed by atoms with E-state index < -0.39 is 17.7 Å². The number of hydrogen-bond acceptors (Lipinski definition) is 4. The number of benzene rings is 1. The molecule has 1 aliphatic rings. The van der Waals surface area contributed by atoms with Gasteiger partial charge in [-0.15, -0.1) is 0 Å². The van der Waals surface area contributed by atoms with Crippen molar-refractivity contribution >= 4 is 41.2 Å². The van der Waals surface area contributed by atoms with Gasteiger partial charge in [0.1, 0.15) is 5.57 Å². The molecular weight excluding hydrogens is 291 g/mol. The normalized spacial score (nSPS) is 17.8. The van der Waals surface area contributed by atoms with Gasteiger partial charge in [0.2, 0.25) is 0 Å². The van der Waals surface area contributed by atoms with Crippen LogP contribution in [0.4, 0.5) is 0 Å². The molecular formula is C13H10Cl2O4. The van der Waals surface area contributed by atoms with Crippen molar-refractivity contribution in [1.82, 2.24) is 0 Å². The molecule has 1 aromatic carbocycles. The summed E-state index contributed by atoms with van der Waals surface area (Å²) < 4.78 is 9.95. The molecule has 1 fully saturated rings. The van der Waals surface area contributed by atoms with Crippen molar-refractivity contribution in [2.45, 2.75) is 19.6 Å². The minimum atomic E-state index is -1.26. The molecule has 0 radical (unpaired) electrons. The van der Waals surface area contributed by atoms with Crippen molar-refractivity contribution in [2.24, 2.45) is 0 Å². The Bertz CT molecular complexity index is 568. The quantitative estimate of drug-likeness (QED) is 0.454. The molecule has 0 spiro atoms. The summed E-state index contributed by atoms with van der Waals surface area (Å²) in [6, 6.07) is 4.89. The van der Waals surface area contributed by atoms with E-state index in [4.69, 9.17) is 32.7 Å². The Kier molecular flexibility index (Phi) is 3.56. The number of halogens is 2. The Labute approximate surface area is 119 Å². The van der Waals surface area contributed by atoms with E-state index in [0.29, 0.717) is 10.6 Å². The number of ether oxygens (including phenoxy) is 2. The van der Waals surface area contributed by atoms with Gasteiger partial charge in [0.15, 0.2) is 0 Å². The van der Waals surface area contributed by atoms with Crippen LogP contribution >= 0.6 is 23.2 Å². The van der Waals surface area contributed by atoms with Gasteiger partial charge < -0.3 is 9.47 Å². The van der Waals surface area contributed by atoms with E-state index in [9.17, 15) is 9.59 Å². The molecule has 1 aliphatic heterocycles. The van der Waals surface area contributed by atoms with Gasteiger partial charge in [-0.25, -0.2) is 9.59 Å². The smallest absolute Gasteiger partial charge is 0.348 e. The van der Waals surface area contributed by atoms with Gasteiger partial charge in [-0.3, -0.25) is 0 Å². The van der Waals surface area contributed by atoms with Crippen molar-refractivity contribution in [3.05, 3.63) is 39.4 Å². The molecule has 0 bridgehead atoms. The van der Waals surface area contributed by atoms with E-state index in [1.54, 1.807) is 18.2 Å². The lowest BCUT2D eigenvalue weighted by molar-refractivity contribution is -0.222. The van der Waals surface area contributed by atoms with Crippen LogP contribution in [-0.4, -0.2) is 17.7 Å². The minimum absolute atomic E-state index is 0.219. The summed E-state index contributed by atoms with van der Waals surface area (Å²) in [6.07, 6.45) is 1.30. The molecule has 0 amide bonds. The topological polar surface area (TPSA) is 52.6 Å². The zero-order valence-corrected chi connectivity index (χ0v) is 11.7. The molecule has 0 saturated carbocycles. The molecule has 19 heavy (non-hydrogen) atoms. The van der Waals surface area contributed by atoms with Crippen molar-refractivity contribution in [1.29, 1.82) is 0 Å². The SMILES string of the molecule is CC1(C)OC(=O)C(=Cc2cccc(Cl)c2Cl)C(=O)O1. The molecule has 0 atom stereocenters. The second-order valence-corrected chi connectivity index (χ2v) is 5.17. The summed E-state index contributed by atoms with van der Waals surface area (Å²) in [6.45, 7) is 2.96. The van der Waals surface area contributed by atoms with Crippen LogP contribution in [0.2, 0.25) is 10.0 Å². The predicted molar refractivity (Wildman–Crippen MR) is 70.7 cm³/mol. The number of carbonyl (C=O) groups excluding carboxylic acids is 2. The fraction of sp³-hybridized carbons (Fsp3) is 0.231. The first kappa shape index (κ1) is 13.9. The number of rotatable bonds is 1. The molecule has 0 aromatic heterocycles. The van der Waals surface area contributed by atoms with Crippen molar-refractivity contribution in [3.63, 3.8) is 0 Å². The highest BCUT2D eigenvalue weighted by molar-refractivity contribution is 6.43. The Hall–Kier alpha value is -1.52. The maximum absolute atomic E-state index is 11.8. The zero-order chi connectivity index (χ0) is 14.2. The van der Waals surface area contributed by atoms with E-state index >= 15 is 0 Å². The second kappa shape index (κ2) is 4.87. The summed E-state index contributed by atoms with van der Waals surface area (Å²) in [4.78, 5) is 23.5. The Morgan fingerprint density at radius 2 is 1.68 bits per heavy atom. The third-order valence-electron chi connectivity index (χ3n) is 2.40. The van der Waals surface area contributed by atoms with Gasteiger partial charge in [0.25, 0.3) is 5.79 Å². The predicted octanol–water partition coefficient (Wildman–Crippen LogP) is 3.21. The number of hydrogen-bond donors (Lipinski definition) is 0. The Morgan fingerprint density at radius 3 is 2.26 bits per heavy atom. The molecule has 0 N–H and O–H groups in total. The van der Waals surface area contributed by atoms with E-state index in [1.807, 2.05) is 0 Å². The molecule has 0 unspecified atom stereocenters. The standard InChI is InChI=1S/C13H10Cl2O4/c1-13(2)18-11(16)8(12(17)19-13)6-7-4-3-5-9(14)10(7)15/h3-6H,1-2H3. The lowest BCUT2D eigenvalue weighted by Crippen LogP contribution is -2.41. The molecule has 4 nitrogen and oxygen atoms in total. The lowest BCUT2D eigenvalue weighted by Gasteiger charge is -2.29. The second-order valence-electron chi connectivity index (χ2n) is 4.38. The van der Waals surface area contributed by atoms with Crippen LogP contribution in [0.5, 0.6) is 0 Å². The van der Waals surface area contributed by atoms with E-state index in [0.717, 1.165) is 0 Å². The minimum Gasteiger partial charge on any atom is -0.419 e. The highest BCUT2D eigenvalue weighted by atomic mass is 35.5. The molecule has 100 valence electrons. The summed E-state index contributed by atoms with van der Waals surface area (Å²) in [5, 5.41) is 0.580. The molecule has 1 heterocycles. The summed E-state index contributed by atoms with van der Waals surface area (Å²) in [7, 11) is 0. The third kappa shape index (κ3) is 2.91. The van der Waals surface area contributed by atoms with Crippen LogP contribution < -0.4 is 0 Å². The molecule has 1 aromatic rings. The van der Waals surface area contributed by atoms with Crippen LogP contribution in [0.1, 0.15) is 19.4 Å². The monoisotopic (exact) mass is 300 g/mol. The van der Waals surface area contributed by atoms with E-state index in [2.05, 4.69) is 0 Å². The van der Waals surface area contributed by atoms with Crippen LogP contribution in [0, 0.1) is 0 Å². The zero-order valence-electron chi connectivity index (χ0n) is 10.2. The number of carbonyl (C=O) groups is 2. The molecule has 0 aliphatic carbocycles. The average molecular weight is 301 g/mol. The highest BCUT2D eigenvalue weighted by Crippen LogP contribution is 2.29. The summed E-state index contributed by atoms with van der Waals surface area (Å²) in [5.74, 6) is -2.77. The largest absolute Gasteiger partial charge is 0.419 e. The first-order valence-electron chi connectivity index (χ1n) is 5.42. The number of cyclic esters (lactones) is 2. The van der Waals surface area contributed by atoms with Crippen molar-refractivity contribution in [3.8, 4) is 0 Å². The first-order chi connectivity index (χ1) is 8.80. The van der Waals surface area contributed by atoms with Crippen LogP contribution in [-0.2, 0) is 19.1 Å². The molecule has 6 heteroatoms. The number of esters is 2. The third-order valence-corrected chi connectivity index (χ3v) is 3.23. The maximum atomic E-state index is 11.8. The highest BCUT2D eigenvalue weighted by Gasteiger charge is 2.38. The Morgan fingerprint density at radius 1 is 1.11 bits per heavy atom. The van der Waals surface area contributed by atoms with Gasteiger partial charge in [-0.1, -0.05) is 35.3 Å². The van der Waals surface area contributed by atoms with E-state index in [1.165, 1.54) is 19.9 Å².